The van der Waals surface area contributed by atoms with Crippen molar-refractivity contribution in [2.75, 3.05) is 0 Å². The molecule has 3 saturated carbocycles. The Morgan fingerprint density at radius 1 is 1.06 bits per heavy atom. The van der Waals surface area contributed by atoms with Gasteiger partial charge in [0.2, 0.25) is 0 Å². The van der Waals surface area contributed by atoms with Gasteiger partial charge in [0.15, 0.2) is 0 Å². The molecular formula is C28H48O4S. The molecule has 0 bridgehead atoms. The Morgan fingerprint density at radius 3 is 2.39 bits per heavy atom. The summed E-state index contributed by atoms with van der Waals surface area (Å²) in [7, 11) is -4.32. The van der Waals surface area contributed by atoms with E-state index in [-0.39, 0.29) is 12.3 Å². The number of aliphatic hydroxyl groups is 1. The van der Waals surface area contributed by atoms with Crippen molar-refractivity contribution < 1.29 is 18.1 Å². The van der Waals surface area contributed by atoms with Crippen LogP contribution in [0.4, 0.5) is 0 Å². The van der Waals surface area contributed by atoms with Gasteiger partial charge < -0.3 is 5.11 Å². The van der Waals surface area contributed by atoms with Crippen molar-refractivity contribution in [1.29, 1.82) is 0 Å². The third-order valence-electron chi connectivity index (χ3n) is 11.4. The molecule has 3 fully saturated rings. The van der Waals surface area contributed by atoms with E-state index in [0.717, 1.165) is 42.6 Å². The van der Waals surface area contributed by atoms with E-state index in [1.165, 1.54) is 32.1 Å². The normalized spacial score (nSPS) is 46.3. The van der Waals surface area contributed by atoms with Crippen LogP contribution < -0.4 is 0 Å². The van der Waals surface area contributed by atoms with E-state index >= 15 is 0 Å². The second kappa shape index (κ2) is 8.62. The molecule has 2 N–H and O–H groups in total. The number of allylic oxidation sites excluding steroid dienone is 1. The van der Waals surface area contributed by atoms with Gasteiger partial charge in [-0.2, -0.15) is 8.42 Å². The van der Waals surface area contributed by atoms with Crippen LogP contribution >= 0.6 is 0 Å². The molecule has 33 heavy (non-hydrogen) atoms. The molecule has 0 spiro atoms. The molecule has 4 aliphatic rings. The van der Waals surface area contributed by atoms with Gasteiger partial charge in [-0.05, 0) is 92.8 Å². The third-order valence-corrected chi connectivity index (χ3v) is 13.2. The van der Waals surface area contributed by atoms with Gasteiger partial charge in [-0.1, -0.05) is 65.5 Å². The monoisotopic (exact) mass is 480 g/mol. The highest BCUT2D eigenvalue weighted by molar-refractivity contribution is 7.87. The van der Waals surface area contributed by atoms with E-state index in [4.69, 9.17) is 0 Å². The van der Waals surface area contributed by atoms with Gasteiger partial charge in [-0.25, -0.2) is 0 Å². The van der Waals surface area contributed by atoms with Crippen molar-refractivity contribution in [2.45, 2.75) is 117 Å². The second-order valence-corrected chi connectivity index (χ2v) is 15.2. The van der Waals surface area contributed by atoms with Crippen LogP contribution in [0.3, 0.4) is 0 Å². The smallest absolute Gasteiger partial charge is 0.271 e. The quantitative estimate of drug-likeness (QED) is 0.330. The highest BCUT2D eigenvalue weighted by Crippen LogP contribution is 2.69. The summed E-state index contributed by atoms with van der Waals surface area (Å²) in [5.41, 5.74) is 0.802. The first kappa shape index (κ1) is 25.7. The van der Waals surface area contributed by atoms with Crippen LogP contribution in [-0.4, -0.2) is 28.9 Å². The van der Waals surface area contributed by atoms with E-state index in [9.17, 15) is 18.1 Å². The van der Waals surface area contributed by atoms with Gasteiger partial charge in [0.1, 0.15) is 4.75 Å². The van der Waals surface area contributed by atoms with Crippen LogP contribution in [-0.2, 0) is 10.1 Å². The minimum Gasteiger partial charge on any atom is -0.393 e. The topological polar surface area (TPSA) is 74.6 Å². The lowest BCUT2D eigenvalue weighted by Gasteiger charge is -2.62. The fourth-order valence-corrected chi connectivity index (χ4v) is 10.7. The van der Waals surface area contributed by atoms with Crippen molar-refractivity contribution in [3.63, 3.8) is 0 Å². The molecule has 0 amide bonds. The Hall–Kier alpha value is -0.390. The number of fused-ring (bicyclic) bond motifs is 5. The average Bonchev–Trinajstić information content (AvgIpc) is 3.05. The molecule has 190 valence electrons. The molecule has 4 aliphatic carbocycles. The Balaban J connectivity index is 1.63. The maximum Gasteiger partial charge on any atom is 0.271 e. The molecule has 4 rings (SSSR count). The van der Waals surface area contributed by atoms with Gasteiger partial charge >= 0.3 is 0 Å². The molecule has 0 aromatic rings. The first-order valence-electron chi connectivity index (χ1n) is 13.6. The fourth-order valence-electron chi connectivity index (χ4n) is 9.47. The molecule has 4 nitrogen and oxygen atoms in total. The van der Waals surface area contributed by atoms with Crippen molar-refractivity contribution in [1.82, 2.24) is 0 Å². The lowest BCUT2D eigenvalue weighted by atomic mass is 9.44. The zero-order chi connectivity index (χ0) is 24.4. The lowest BCUT2D eigenvalue weighted by molar-refractivity contribution is -0.0703. The van der Waals surface area contributed by atoms with E-state index in [1.807, 2.05) is 0 Å². The molecule has 0 aromatic carbocycles. The standard InChI is InChI=1S/C28H48O4S/c1-18(2)8-7-9-19(3)23-12-13-24-22-11-10-20-16-21(29)17-27(5,33(30,31)32)28(20,6)25(22)14-15-26(23,24)4/h10,18-19,21-25,29H,7-9,11-17H2,1-6H3,(H,30,31,32)/t19-,21+,22+,23-,24+,25+,26-,27?,28+/m1/s1. The minimum atomic E-state index is -4.32. The summed E-state index contributed by atoms with van der Waals surface area (Å²) in [4.78, 5) is 0. The van der Waals surface area contributed by atoms with E-state index in [2.05, 4.69) is 40.7 Å². The summed E-state index contributed by atoms with van der Waals surface area (Å²) < 4.78 is 34.7. The van der Waals surface area contributed by atoms with Crippen molar-refractivity contribution in [3.05, 3.63) is 11.6 Å². The number of aliphatic hydroxyl groups excluding tert-OH is 1. The fraction of sp³-hybridized carbons (Fsp3) is 0.929. The van der Waals surface area contributed by atoms with Crippen LogP contribution in [0.1, 0.15) is 106 Å². The number of hydrogen-bond acceptors (Lipinski definition) is 3. The van der Waals surface area contributed by atoms with E-state index < -0.39 is 26.4 Å². The van der Waals surface area contributed by atoms with E-state index in [1.54, 1.807) is 6.92 Å². The zero-order valence-corrected chi connectivity index (χ0v) is 22.6. The first-order chi connectivity index (χ1) is 15.3. The molecular weight excluding hydrogens is 432 g/mol. The Bertz CT molecular complexity index is 878. The zero-order valence-electron chi connectivity index (χ0n) is 21.8. The van der Waals surface area contributed by atoms with Crippen molar-refractivity contribution in [3.8, 4) is 0 Å². The first-order valence-corrected chi connectivity index (χ1v) is 15.0. The average molecular weight is 481 g/mol. The number of hydrogen-bond donors (Lipinski definition) is 2. The molecule has 0 aromatic heterocycles. The van der Waals surface area contributed by atoms with Crippen LogP contribution in [0.5, 0.6) is 0 Å². The highest BCUT2D eigenvalue weighted by Gasteiger charge is 2.67. The molecule has 9 atom stereocenters. The summed E-state index contributed by atoms with van der Waals surface area (Å²) in [5, 5.41) is 10.5. The number of rotatable bonds is 6. The van der Waals surface area contributed by atoms with Gasteiger partial charge in [0.05, 0.1) is 6.10 Å². The molecule has 5 heteroatoms. The summed E-state index contributed by atoms with van der Waals surface area (Å²) in [6.07, 6.45) is 11.9. The Kier molecular flexibility index (Phi) is 6.71. The Morgan fingerprint density at radius 2 is 1.76 bits per heavy atom. The van der Waals surface area contributed by atoms with Crippen molar-refractivity contribution >= 4 is 10.1 Å². The Labute approximate surface area is 202 Å². The maximum atomic E-state index is 12.8. The van der Waals surface area contributed by atoms with Gasteiger partial charge in [0.25, 0.3) is 10.1 Å². The predicted molar refractivity (Wildman–Crippen MR) is 134 cm³/mol. The van der Waals surface area contributed by atoms with Crippen LogP contribution in [0, 0.1) is 46.3 Å². The summed E-state index contributed by atoms with van der Waals surface area (Å²) in [6, 6.07) is 0. The maximum absolute atomic E-state index is 12.8. The van der Waals surface area contributed by atoms with E-state index in [0.29, 0.717) is 23.7 Å². The van der Waals surface area contributed by atoms with Crippen LogP contribution in [0.2, 0.25) is 0 Å². The predicted octanol–water partition coefficient (Wildman–Crippen LogP) is 6.65. The largest absolute Gasteiger partial charge is 0.393 e. The molecule has 1 unspecified atom stereocenters. The third kappa shape index (κ3) is 3.87. The second-order valence-electron chi connectivity index (χ2n) is 13.3. The highest BCUT2D eigenvalue weighted by atomic mass is 32.2. The molecule has 0 aliphatic heterocycles. The van der Waals surface area contributed by atoms with Crippen LogP contribution in [0.15, 0.2) is 11.6 Å². The SMILES string of the molecule is CC(C)CCC[C@@H](C)[C@H]1CC[C@H]2[C@@H]3CC=C4C[C@H](O)CC(C)(S(=O)(=O)O)[C@]4(C)[C@H]3CC[C@]12C. The van der Waals surface area contributed by atoms with Crippen LogP contribution in [0.25, 0.3) is 0 Å². The molecule has 0 heterocycles. The molecule has 0 radical (unpaired) electrons. The van der Waals surface area contributed by atoms with Gasteiger partial charge in [-0.3, -0.25) is 4.55 Å². The summed E-state index contributed by atoms with van der Waals surface area (Å²) in [6.45, 7) is 13.4. The van der Waals surface area contributed by atoms with Gasteiger partial charge in [-0.15, -0.1) is 0 Å². The minimum absolute atomic E-state index is 0.125. The summed E-state index contributed by atoms with van der Waals surface area (Å²) in [5.74, 6) is 3.63. The van der Waals surface area contributed by atoms with Gasteiger partial charge in [0, 0.05) is 5.41 Å². The lowest BCUT2D eigenvalue weighted by Crippen LogP contribution is -2.63. The van der Waals surface area contributed by atoms with Crippen molar-refractivity contribution in [2.24, 2.45) is 46.3 Å². The summed E-state index contributed by atoms with van der Waals surface area (Å²) >= 11 is 0. The molecule has 0 saturated heterocycles.